The molecule has 0 unspecified atom stereocenters. The fourth-order valence-electron chi connectivity index (χ4n) is 1.97. The molecule has 3 N–H and O–H groups in total. The van der Waals surface area contributed by atoms with Crippen LogP contribution in [0.3, 0.4) is 0 Å². The van der Waals surface area contributed by atoms with E-state index in [1.807, 2.05) is 24.3 Å². The van der Waals surface area contributed by atoms with Gasteiger partial charge in [-0.05, 0) is 31.0 Å². The Balaban J connectivity index is 2.57. The number of hydrogen-bond donors (Lipinski definition) is 2. The van der Waals surface area contributed by atoms with Gasteiger partial charge in [-0.3, -0.25) is 9.69 Å². The molecule has 0 saturated heterocycles. The minimum atomic E-state index is 0.0878. The SMILES string of the molecule is CCCNC(=O)CN(CCC)Cc1ccccc1N. The van der Waals surface area contributed by atoms with Crippen molar-refractivity contribution in [3.05, 3.63) is 29.8 Å². The number of rotatable bonds is 8. The van der Waals surface area contributed by atoms with Gasteiger partial charge >= 0.3 is 0 Å². The first-order valence-electron chi connectivity index (χ1n) is 6.99. The maximum absolute atomic E-state index is 11.8. The molecule has 1 aromatic rings. The number of carbonyl (C=O) groups is 1. The molecule has 0 aliphatic rings. The van der Waals surface area contributed by atoms with Crippen molar-refractivity contribution in [1.82, 2.24) is 10.2 Å². The largest absolute Gasteiger partial charge is 0.398 e. The molecule has 106 valence electrons. The van der Waals surface area contributed by atoms with Gasteiger partial charge in [-0.25, -0.2) is 0 Å². The number of benzene rings is 1. The van der Waals surface area contributed by atoms with E-state index in [2.05, 4.69) is 24.1 Å². The number of amides is 1. The first kappa shape index (κ1) is 15.5. The summed E-state index contributed by atoms with van der Waals surface area (Å²) in [7, 11) is 0. The summed E-state index contributed by atoms with van der Waals surface area (Å²) in [5.74, 6) is 0.0878. The fraction of sp³-hybridized carbons (Fsp3) is 0.533. The van der Waals surface area contributed by atoms with Crippen molar-refractivity contribution in [3.63, 3.8) is 0 Å². The first-order valence-corrected chi connectivity index (χ1v) is 6.99. The highest BCUT2D eigenvalue weighted by atomic mass is 16.2. The van der Waals surface area contributed by atoms with Crippen molar-refractivity contribution >= 4 is 11.6 Å². The van der Waals surface area contributed by atoms with Crippen molar-refractivity contribution in [1.29, 1.82) is 0 Å². The van der Waals surface area contributed by atoms with Crippen molar-refractivity contribution < 1.29 is 4.79 Å². The summed E-state index contributed by atoms with van der Waals surface area (Å²) in [6.07, 6.45) is 1.99. The number of carbonyl (C=O) groups excluding carboxylic acids is 1. The van der Waals surface area contributed by atoms with E-state index in [1.165, 1.54) is 0 Å². The normalized spacial score (nSPS) is 10.7. The summed E-state index contributed by atoms with van der Waals surface area (Å²) in [6, 6.07) is 7.82. The molecule has 0 aliphatic carbocycles. The van der Waals surface area contributed by atoms with E-state index in [4.69, 9.17) is 5.73 Å². The number of para-hydroxylation sites is 1. The van der Waals surface area contributed by atoms with Crippen molar-refractivity contribution in [2.75, 3.05) is 25.4 Å². The molecule has 19 heavy (non-hydrogen) atoms. The second-order valence-electron chi connectivity index (χ2n) is 4.76. The molecule has 0 bridgehead atoms. The molecule has 4 heteroatoms. The molecular formula is C15H25N3O. The van der Waals surface area contributed by atoms with Gasteiger partial charge in [0.05, 0.1) is 6.54 Å². The Morgan fingerprint density at radius 2 is 2.00 bits per heavy atom. The Morgan fingerprint density at radius 1 is 1.26 bits per heavy atom. The zero-order chi connectivity index (χ0) is 14.1. The third-order valence-electron chi connectivity index (χ3n) is 2.93. The van der Waals surface area contributed by atoms with Gasteiger partial charge in [0.25, 0.3) is 0 Å². The van der Waals surface area contributed by atoms with Crippen LogP contribution in [-0.2, 0) is 11.3 Å². The van der Waals surface area contributed by atoms with Crippen LogP contribution in [0, 0.1) is 0 Å². The van der Waals surface area contributed by atoms with Gasteiger partial charge < -0.3 is 11.1 Å². The molecule has 0 atom stereocenters. The standard InChI is InChI=1S/C15H25N3O/c1-3-9-17-15(19)12-18(10-4-2)11-13-7-5-6-8-14(13)16/h5-8H,3-4,9-12,16H2,1-2H3,(H,17,19). The number of nitrogen functional groups attached to an aromatic ring is 1. The van der Waals surface area contributed by atoms with Crippen LogP contribution in [0.5, 0.6) is 0 Å². The van der Waals surface area contributed by atoms with E-state index in [0.29, 0.717) is 6.54 Å². The van der Waals surface area contributed by atoms with Crippen molar-refractivity contribution in [3.8, 4) is 0 Å². The molecule has 0 aliphatic heterocycles. The molecule has 0 fully saturated rings. The molecule has 0 aromatic heterocycles. The Bertz CT molecular complexity index is 393. The molecule has 1 rings (SSSR count). The molecule has 1 aromatic carbocycles. The number of nitrogens with zero attached hydrogens (tertiary/aromatic N) is 1. The molecule has 1 amide bonds. The lowest BCUT2D eigenvalue weighted by Gasteiger charge is -2.22. The smallest absolute Gasteiger partial charge is 0.234 e. The van der Waals surface area contributed by atoms with E-state index in [9.17, 15) is 4.79 Å². The topological polar surface area (TPSA) is 58.4 Å². The number of nitrogens with two attached hydrogens (primary N) is 1. The van der Waals surface area contributed by atoms with Gasteiger partial charge in [-0.15, -0.1) is 0 Å². The zero-order valence-electron chi connectivity index (χ0n) is 12.0. The maximum Gasteiger partial charge on any atom is 0.234 e. The second-order valence-corrected chi connectivity index (χ2v) is 4.76. The average Bonchev–Trinajstić information content (AvgIpc) is 2.39. The highest BCUT2D eigenvalue weighted by Crippen LogP contribution is 2.13. The number of nitrogens with one attached hydrogen (secondary N) is 1. The predicted octanol–water partition coefficient (Wildman–Crippen LogP) is 2.01. The summed E-state index contributed by atoms with van der Waals surface area (Å²) >= 11 is 0. The van der Waals surface area contributed by atoms with Crippen LogP contribution < -0.4 is 11.1 Å². The molecular weight excluding hydrogens is 238 g/mol. The van der Waals surface area contributed by atoms with Crippen LogP contribution in [0.4, 0.5) is 5.69 Å². The molecule has 0 radical (unpaired) electrons. The van der Waals surface area contributed by atoms with E-state index < -0.39 is 0 Å². The van der Waals surface area contributed by atoms with Gasteiger partial charge in [-0.1, -0.05) is 32.0 Å². The molecule has 0 saturated carbocycles. The Labute approximate surface area is 116 Å². The lowest BCUT2D eigenvalue weighted by Crippen LogP contribution is -2.37. The summed E-state index contributed by atoms with van der Waals surface area (Å²) in [5, 5.41) is 2.91. The second kappa shape index (κ2) is 8.53. The Kier molecular flexibility index (Phi) is 6.97. The maximum atomic E-state index is 11.8. The van der Waals surface area contributed by atoms with E-state index in [1.54, 1.807) is 0 Å². The molecule has 0 heterocycles. The van der Waals surface area contributed by atoms with Crippen LogP contribution in [0.2, 0.25) is 0 Å². The van der Waals surface area contributed by atoms with Gasteiger partial charge in [-0.2, -0.15) is 0 Å². The lowest BCUT2D eigenvalue weighted by atomic mass is 10.1. The minimum Gasteiger partial charge on any atom is -0.398 e. The summed E-state index contributed by atoms with van der Waals surface area (Å²) in [5.41, 5.74) is 7.82. The monoisotopic (exact) mass is 263 g/mol. The van der Waals surface area contributed by atoms with Crippen molar-refractivity contribution in [2.45, 2.75) is 33.2 Å². The van der Waals surface area contributed by atoms with E-state index >= 15 is 0 Å². The quantitative estimate of drug-likeness (QED) is 0.705. The van der Waals surface area contributed by atoms with Crippen LogP contribution in [-0.4, -0.2) is 30.4 Å². The Morgan fingerprint density at radius 3 is 2.63 bits per heavy atom. The van der Waals surface area contributed by atoms with Gasteiger partial charge in [0.15, 0.2) is 0 Å². The van der Waals surface area contributed by atoms with Crippen molar-refractivity contribution in [2.24, 2.45) is 0 Å². The molecule has 4 nitrogen and oxygen atoms in total. The van der Waals surface area contributed by atoms with Crippen LogP contribution in [0.1, 0.15) is 32.3 Å². The highest BCUT2D eigenvalue weighted by Gasteiger charge is 2.11. The van der Waals surface area contributed by atoms with Crippen LogP contribution in [0.15, 0.2) is 24.3 Å². The van der Waals surface area contributed by atoms with Gasteiger partial charge in [0.2, 0.25) is 5.91 Å². The molecule has 0 spiro atoms. The zero-order valence-corrected chi connectivity index (χ0v) is 12.0. The number of anilines is 1. The first-order chi connectivity index (χ1) is 9.17. The minimum absolute atomic E-state index is 0.0878. The van der Waals surface area contributed by atoms with E-state index in [0.717, 1.165) is 43.7 Å². The fourth-order valence-corrected chi connectivity index (χ4v) is 1.97. The highest BCUT2D eigenvalue weighted by molar-refractivity contribution is 5.78. The average molecular weight is 263 g/mol. The van der Waals surface area contributed by atoms with Gasteiger partial charge in [0, 0.05) is 18.8 Å². The van der Waals surface area contributed by atoms with Gasteiger partial charge in [0.1, 0.15) is 0 Å². The summed E-state index contributed by atoms with van der Waals surface area (Å²) < 4.78 is 0. The lowest BCUT2D eigenvalue weighted by molar-refractivity contribution is -0.122. The predicted molar refractivity (Wildman–Crippen MR) is 79.7 cm³/mol. The van der Waals surface area contributed by atoms with Crippen LogP contribution >= 0.6 is 0 Å². The summed E-state index contributed by atoms with van der Waals surface area (Å²) in [6.45, 7) is 6.96. The number of hydrogen-bond acceptors (Lipinski definition) is 3. The third-order valence-corrected chi connectivity index (χ3v) is 2.93. The summed E-state index contributed by atoms with van der Waals surface area (Å²) in [4.78, 5) is 13.9. The van der Waals surface area contributed by atoms with Crippen LogP contribution in [0.25, 0.3) is 0 Å². The van der Waals surface area contributed by atoms with E-state index in [-0.39, 0.29) is 5.91 Å². The third kappa shape index (κ3) is 5.75. The Hall–Kier alpha value is -1.55.